The van der Waals surface area contributed by atoms with E-state index in [1.54, 1.807) is 7.11 Å². The number of halogens is 1. The molecule has 1 saturated carbocycles. The van der Waals surface area contributed by atoms with E-state index < -0.39 is 0 Å². The van der Waals surface area contributed by atoms with Crippen LogP contribution < -0.4 is 4.74 Å². The van der Waals surface area contributed by atoms with Gasteiger partial charge in [0, 0.05) is 17.4 Å². The summed E-state index contributed by atoms with van der Waals surface area (Å²) in [7, 11) is 3.94. The summed E-state index contributed by atoms with van der Waals surface area (Å²) in [6.45, 7) is 1.01. The van der Waals surface area contributed by atoms with Crippen molar-refractivity contribution in [2.24, 2.45) is 0 Å². The van der Waals surface area contributed by atoms with Crippen LogP contribution in [0.1, 0.15) is 31.2 Å². The lowest BCUT2D eigenvalue weighted by Gasteiger charge is -2.35. The summed E-state index contributed by atoms with van der Waals surface area (Å²) >= 11 is 3.83. The fraction of sp³-hybridized carbons (Fsp3) is 0.600. The molecule has 1 aliphatic carbocycles. The van der Waals surface area contributed by atoms with Gasteiger partial charge in [0.2, 0.25) is 0 Å². The molecule has 1 aromatic rings. The third kappa shape index (κ3) is 3.48. The first-order valence-corrected chi connectivity index (χ1v) is 7.59. The Hall–Kier alpha value is -0.540. The van der Waals surface area contributed by atoms with Crippen LogP contribution in [0.5, 0.6) is 5.75 Å². The molecule has 1 fully saturated rings. The molecule has 3 heteroatoms. The first-order valence-electron chi connectivity index (χ1n) is 6.68. The Morgan fingerprint density at radius 3 is 2.50 bits per heavy atom. The van der Waals surface area contributed by atoms with Gasteiger partial charge in [-0.3, -0.25) is 4.90 Å². The molecule has 0 aromatic heterocycles. The standard InChI is InChI=1S/C15H22BrNO/c1-17(15-6-4-3-5-14(15)16)11-12-7-9-13(18-2)10-8-12/h7-10,14-15H,3-6,11H2,1-2H3. The van der Waals surface area contributed by atoms with Crippen LogP contribution in [-0.2, 0) is 6.54 Å². The van der Waals surface area contributed by atoms with Crippen molar-refractivity contribution in [2.45, 2.75) is 43.1 Å². The number of methoxy groups -OCH3 is 1. The lowest BCUT2D eigenvalue weighted by molar-refractivity contribution is 0.193. The number of alkyl halides is 1. The molecular formula is C15H22BrNO. The maximum Gasteiger partial charge on any atom is 0.118 e. The van der Waals surface area contributed by atoms with Crippen LogP contribution in [0, 0.1) is 0 Å². The van der Waals surface area contributed by atoms with Gasteiger partial charge in [0.25, 0.3) is 0 Å². The predicted molar refractivity (Wildman–Crippen MR) is 79.4 cm³/mol. The van der Waals surface area contributed by atoms with Gasteiger partial charge in [0.05, 0.1) is 7.11 Å². The molecule has 1 aliphatic rings. The molecule has 2 unspecified atom stereocenters. The summed E-state index contributed by atoms with van der Waals surface area (Å²) in [6, 6.07) is 9.05. The summed E-state index contributed by atoms with van der Waals surface area (Å²) in [5.41, 5.74) is 1.35. The summed E-state index contributed by atoms with van der Waals surface area (Å²) in [5, 5.41) is 0. The highest BCUT2D eigenvalue weighted by atomic mass is 79.9. The number of benzene rings is 1. The van der Waals surface area contributed by atoms with Crippen LogP contribution in [0.3, 0.4) is 0 Å². The minimum Gasteiger partial charge on any atom is -0.497 e. The number of ether oxygens (including phenoxy) is 1. The number of hydrogen-bond acceptors (Lipinski definition) is 2. The average Bonchev–Trinajstić information content (AvgIpc) is 2.40. The van der Waals surface area contributed by atoms with Crippen molar-refractivity contribution in [3.63, 3.8) is 0 Å². The maximum atomic E-state index is 5.19. The van der Waals surface area contributed by atoms with E-state index in [1.165, 1.54) is 31.2 Å². The quantitative estimate of drug-likeness (QED) is 0.784. The second kappa shape index (κ2) is 6.58. The van der Waals surface area contributed by atoms with Crippen LogP contribution in [0.2, 0.25) is 0 Å². The Morgan fingerprint density at radius 1 is 1.22 bits per heavy atom. The second-order valence-electron chi connectivity index (χ2n) is 5.13. The first kappa shape index (κ1) is 13.9. The molecule has 0 radical (unpaired) electrons. The van der Waals surface area contributed by atoms with Crippen LogP contribution in [0.4, 0.5) is 0 Å². The van der Waals surface area contributed by atoms with Crippen molar-refractivity contribution in [1.82, 2.24) is 4.90 Å². The molecule has 1 aromatic carbocycles. The van der Waals surface area contributed by atoms with Gasteiger partial charge in [0.15, 0.2) is 0 Å². The van der Waals surface area contributed by atoms with E-state index in [9.17, 15) is 0 Å². The van der Waals surface area contributed by atoms with E-state index >= 15 is 0 Å². The SMILES string of the molecule is COc1ccc(CN(C)C2CCCCC2Br)cc1. The van der Waals surface area contributed by atoms with Gasteiger partial charge in [0.1, 0.15) is 5.75 Å². The van der Waals surface area contributed by atoms with E-state index in [0.29, 0.717) is 10.9 Å². The Kier molecular flexibility index (Phi) is 5.07. The molecule has 0 bridgehead atoms. The molecule has 18 heavy (non-hydrogen) atoms. The molecule has 2 rings (SSSR count). The van der Waals surface area contributed by atoms with Crippen LogP contribution in [0.15, 0.2) is 24.3 Å². The summed E-state index contributed by atoms with van der Waals surface area (Å²) in [5.74, 6) is 0.928. The topological polar surface area (TPSA) is 12.5 Å². The molecule has 0 aliphatic heterocycles. The smallest absolute Gasteiger partial charge is 0.118 e. The van der Waals surface area contributed by atoms with Crippen molar-refractivity contribution in [1.29, 1.82) is 0 Å². The molecule has 2 atom stereocenters. The van der Waals surface area contributed by atoms with Gasteiger partial charge < -0.3 is 4.74 Å². The van der Waals surface area contributed by atoms with Gasteiger partial charge in [-0.15, -0.1) is 0 Å². The lowest BCUT2D eigenvalue weighted by Crippen LogP contribution is -2.40. The molecule has 2 nitrogen and oxygen atoms in total. The molecular weight excluding hydrogens is 290 g/mol. The van der Waals surface area contributed by atoms with Crippen molar-refractivity contribution < 1.29 is 4.74 Å². The molecule has 0 saturated heterocycles. The zero-order valence-corrected chi connectivity index (χ0v) is 12.8. The van der Waals surface area contributed by atoms with Crippen molar-refractivity contribution in [3.8, 4) is 5.75 Å². The zero-order chi connectivity index (χ0) is 13.0. The minimum atomic E-state index is 0.648. The lowest BCUT2D eigenvalue weighted by atomic mass is 9.94. The second-order valence-corrected chi connectivity index (χ2v) is 6.31. The van der Waals surface area contributed by atoms with E-state index in [-0.39, 0.29) is 0 Å². The fourth-order valence-corrected chi connectivity index (χ4v) is 3.69. The van der Waals surface area contributed by atoms with Crippen LogP contribution in [0.25, 0.3) is 0 Å². The van der Waals surface area contributed by atoms with E-state index in [0.717, 1.165) is 12.3 Å². The van der Waals surface area contributed by atoms with Crippen LogP contribution in [-0.4, -0.2) is 29.9 Å². The highest BCUT2D eigenvalue weighted by Crippen LogP contribution is 2.28. The Bertz CT molecular complexity index is 365. The van der Waals surface area contributed by atoms with Crippen molar-refractivity contribution in [2.75, 3.05) is 14.2 Å². The Labute approximate surface area is 118 Å². The van der Waals surface area contributed by atoms with Crippen LogP contribution >= 0.6 is 15.9 Å². The number of rotatable bonds is 4. The molecule has 0 spiro atoms. The normalized spacial score (nSPS) is 24.2. The minimum absolute atomic E-state index is 0.648. The number of hydrogen-bond donors (Lipinski definition) is 0. The van der Waals surface area contributed by atoms with E-state index in [1.807, 2.05) is 12.1 Å². The van der Waals surface area contributed by atoms with E-state index in [4.69, 9.17) is 4.74 Å². The predicted octanol–water partition coefficient (Wildman–Crippen LogP) is 3.83. The highest BCUT2D eigenvalue weighted by molar-refractivity contribution is 9.09. The zero-order valence-electron chi connectivity index (χ0n) is 11.2. The molecule has 0 heterocycles. The third-order valence-corrected chi connectivity index (χ3v) is 4.87. The first-order chi connectivity index (χ1) is 8.70. The largest absolute Gasteiger partial charge is 0.497 e. The molecule has 100 valence electrons. The van der Waals surface area contributed by atoms with Gasteiger partial charge in [-0.2, -0.15) is 0 Å². The Balaban J connectivity index is 1.94. The van der Waals surface area contributed by atoms with Gasteiger partial charge in [-0.05, 0) is 37.6 Å². The van der Waals surface area contributed by atoms with E-state index in [2.05, 4.69) is 40.0 Å². The average molecular weight is 312 g/mol. The van der Waals surface area contributed by atoms with Crippen molar-refractivity contribution in [3.05, 3.63) is 29.8 Å². The maximum absolute atomic E-state index is 5.19. The summed E-state index contributed by atoms with van der Waals surface area (Å²) in [4.78, 5) is 3.12. The monoisotopic (exact) mass is 311 g/mol. The number of nitrogens with zero attached hydrogens (tertiary/aromatic N) is 1. The molecule has 0 amide bonds. The highest BCUT2D eigenvalue weighted by Gasteiger charge is 2.25. The van der Waals surface area contributed by atoms with Gasteiger partial charge >= 0.3 is 0 Å². The van der Waals surface area contributed by atoms with Gasteiger partial charge in [-0.25, -0.2) is 0 Å². The van der Waals surface area contributed by atoms with Gasteiger partial charge in [-0.1, -0.05) is 40.9 Å². The molecule has 0 N–H and O–H groups in total. The van der Waals surface area contributed by atoms with Crippen molar-refractivity contribution >= 4 is 15.9 Å². The fourth-order valence-electron chi connectivity index (χ4n) is 2.70. The Morgan fingerprint density at radius 2 is 1.89 bits per heavy atom. The summed E-state index contributed by atoms with van der Waals surface area (Å²) < 4.78 is 5.19. The third-order valence-electron chi connectivity index (χ3n) is 3.80. The summed E-state index contributed by atoms with van der Waals surface area (Å²) in [6.07, 6.45) is 5.34.